The van der Waals surface area contributed by atoms with Crippen LogP contribution >= 0.6 is 11.3 Å². The molecule has 3 aromatic heterocycles. The van der Waals surface area contributed by atoms with Gasteiger partial charge in [0.2, 0.25) is 0 Å². The fourth-order valence-corrected chi connectivity index (χ4v) is 3.43. The number of thiazole rings is 1. The molecule has 0 aliphatic heterocycles. The zero-order valence-corrected chi connectivity index (χ0v) is 12.6. The average Bonchev–Trinajstić information content (AvgIpc) is 3.08. The first-order chi connectivity index (χ1) is 10.3. The summed E-state index contributed by atoms with van der Waals surface area (Å²) in [5.41, 5.74) is 5.32. The zero-order chi connectivity index (χ0) is 14.4. The van der Waals surface area contributed by atoms with Crippen LogP contribution in [0.5, 0.6) is 0 Å². The quantitative estimate of drug-likeness (QED) is 0.608. The minimum absolute atomic E-state index is 0.939. The monoisotopic (exact) mass is 294 g/mol. The Kier molecular flexibility index (Phi) is 2.68. The normalized spacial score (nSPS) is 11.3. The summed E-state index contributed by atoms with van der Waals surface area (Å²) in [4.78, 5) is 9.26. The molecular weight excluding hydrogens is 280 g/mol. The Balaban J connectivity index is 1.93. The molecule has 0 amide bonds. The Morgan fingerprint density at radius 1 is 1.14 bits per heavy atom. The van der Waals surface area contributed by atoms with Crippen LogP contribution < -0.4 is 5.32 Å². The third kappa shape index (κ3) is 1.89. The standard InChI is InChI=1S/C16H14N4S/c1-10-15(19-14-5-3-4-8-20(10)14)11-6-7-12-13(9-11)21-16(17-2)18-12/h3-9H,1-2H3,(H,17,18). The summed E-state index contributed by atoms with van der Waals surface area (Å²) in [5, 5.41) is 4.03. The fourth-order valence-electron chi connectivity index (χ4n) is 2.57. The highest BCUT2D eigenvalue weighted by Gasteiger charge is 2.11. The number of rotatable bonds is 2. The summed E-state index contributed by atoms with van der Waals surface area (Å²) in [6.45, 7) is 2.10. The van der Waals surface area contributed by atoms with Gasteiger partial charge in [-0.15, -0.1) is 0 Å². The van der Waals surface area contributed by atoms with Gasteiger partial charge in [-0.1, -0.05) is 23.5 Å². The number of nitrogens with one attached hydrogen (secondary N) is 1. The molecule has 0 saturated heterocycles. The van der Waals surface area contributed by atoms with Crippen LogP contribution in [0.25, 0.3) is 27.1 Å². The molecule has 0 atom stereocenters. The molecule has 0 saturated carbocycles. The van der Waals surface area contributed by atoms with Gasteiger partial charge in [-0.05, 0) is 31.2 Å². The van der Waals surface area contributed by atoms with E-state index in [0.717, 1.165) is 33.2 Å². The number of hydrogen-bond acceptors (Lipinski definition) is 4. The highest BCUT2D eigenvalue weighted by Crippen LogP contribution is 2.31. The molecule has 104 valence electrons. The summed E-state index contributed by atoms with van der Waals surface area (Å²) in [6, 6.07) is 12.4. The molecule has 1 aromatic carbocycles. The first-order valence-corrected chi connectivity index (χ1v) is 7.60. The number of benzene rings is 1. The lowest BCUT2D eigenvalue weighted by Gasteiger charge is -1.99. The lowest BCUT2D eigenvalue weighted by Crippen LogP contribution is -1.86. The molecule has 0 radical (unpaired) electrons. The number of aryl methyl sites for hydroxylation is 1. The number of pyridine rings is 1. The van der Waals surface area contributed by atoms with Crippen molar-refractivity contribution in [3.05, 3.63) is 48.3 Å². The highest BCUT2D eigenvalue weighted by molar-refractivity contribution is 7.22. The third-order valence-corrected chi connectivity index (χ3v) is 4.68. The maximum absolute atomic E-state index is 4.75. The van der Waals surface area contributed by atoms with Crippen molar-refractivity contribution in [2.45, 2.75) is 6.92 Å². The number of fused-ring (bicyclic) bond motifs is 2. The van der Waals surface area contributed by atoms with E-state index in [1.807, 2.05) is 31.4 Å². The molecule has 0 aliphatic carbocycles. The second kappa shape index (κ2) is 4.56. The first-order valence-electron chi connectivity index (χ1n) is 6.78. The minimum Gasteiger partial charge on any atom is -0.365 e. The van der Waals surface area contributed by atoms with Gasteiger partial charge in [-0.3, -0.25) is 0 Å². The van der Waals surface area contributed by atoms with Crippen LogP contribution in [0.1, 0.15) is 5.69 Å². The van der Waals surface area contributed by atoms with Gasteiger partial charge in [-0.2, -0.15) is 0 Å². The van der Waals surface area contributed by atoms with Crippen molar-refractivity contribution in [3.63, 3.8) is 0 Å². The Hall–Kier alpha value is -2.40. The largest absolute Gasteiger partial charge is 0.365 e. The van der Waals surface area contributed by atoms with Crippen molar-refractivity contribution in [2.75, 3.05) is 12.4 Å². The molecule has 0 fully saturated rings. The number of aromatic nitrogens is 3. The zero-order valence-electron chi connectivity index (χ0n) is 11.8. The number of hydrogen-bond donors (Lipinski definition) is 1. The number of imidazole rings is 1. The average molecular weight is 294 g/mol. The van der Waals surface area contributed by atoms with Crippen LogP contribution in [0.15, 0.2) is 42.6 Å². The van der Waals surface area contributed by atoms with Gasteiger partial charge in [0, 0.05) is 24.5 Å². The molecule has 0 aliphatic rings. The summed E-state index contributed by atoms with van der Waals surface area (Å²) in [5.74, 6) is 0. The number of anilines is 1. The van der Waals surface area contributed by atoms with Crippen molar-refractivity contribution in [3.8, 4) is 11.3 Å². The molecule has 0 unspecified atom stereocenters. The minimum atomic E-state index is 0.939. The van der Waals surface area contributed by atoms with E-state index in [4.69, 9.17) is 4.98 Å². The molecule has 3 heterocycles. The SMILES string of the molecule is CNc1nc2ccc(-c3nc4ccccn4c3C)cc2s1. The molecule has 4 aromatic rings. The van der Waals surface area contributed by atoms with E-state index in [2.05, 4.69) is 39.8 Å². The summed E-state index contributed by atoms with van der Waals surface area (Å²) in [7, 11) is 1.89. The first kappa shape index (κ1) is 12.3. The smallest absolute Gasteiger partial charge is 0.183 e. The molecule has 0 bridgehead atoms. The highest BCUT2D eigenvalue weighted by atomic mass is 32.1. The van der Waals surface area contributed by atoms with E-state index in [0.29, 0.717) is 0 Å². The van der Waals surface area contributed by atoms with Crippen molar-refractivity contribution in [2.24, 2.45) is 0 Å². The Bertz CT molecular complexity index is 951. The third-order valence-electron chi connectivity index (χ3n) is 3.64. The van der Waals surface area contributed by atoms with Crippen LogP contribution in [0.3, 0.4) is 0 Å². The summed E-state index contributed by atoms with van der Waals surface area (Å²) in [6.07, 6.45) is 2.05. The van der Waals surface area contributed by atoms with E-state index in [9.17, 15) is 0 Å². The fraction of sp³-hybridized carbons (Fsp3) is 0.125. The summed E-state index contributed by atoms with van der Waals surface area (Å²) >= 11 is 1.66. The molecule has 4 nitrogen and oxygen atoms in total. The van der Waals surface area contributed by atoms with Crippen LogP contribution in [-0.4, -0.2) is 21.4 Å². The van der Waals surface area contributed by atoms with Crippen LogP contribution in [0.2, 0.25) is 0 Å². The van der Waals surface area contributed by atoms with Gasteiger partial charge in [0.05, 0.1) is 15.9 Å². The molecule has 21 heavy (non-hydrogen) atoms. The summed E-state index contributed by atoms with van der Waals surface area (Å²) < 4.78 is 3.29. The lowest BCUT2D eigenvalue weighted by atomic mass is 10.1. The second-order valence-corrected chi connectivity index (χ2v) is 5.96. The Morgan fingerprint density at radius 3 is 2.86 bits per heavy atom. The second-order valence-electron chi connectivity index (χ2n) is 4.93. The van der Waals surface area contributed by atoms with Gasteiger partial charge in [0.15, 0.2) is 5.13 Å². The van der Waals surface area contributed by atoms with E-state index >= 15 is 0 Å². The van der Waals surface area contributed by atoms with Gasteiger partial charge in [-0.25, -0.2) is 9.97 Å². The Labute approximate surface area is 126 Å². The Morgan fingerprint density at radius 2 is 2.05 bits per heavy atom. The van der Waals surface area contributed by atoms with Gasteiger partial charge in [0.25, 0.3) is 0 Å². The lowest BCUT2D eigenvalue weighted by molar-refractivity contribution is 1.11. The van der Waals surface area contributed by atoms with Crippen molar-refractivity contribution >= 4 is 32.3 Å². The van der Waals surface area contributed by atoms with E-state index in [1.165, 1.54) is 4.70 Å². The maximum Gasteiger partial charge on any atom is 0.183 e. The van der Waals surface area contributed by atoms with Crippen molar-refractivity contribution in [1.29, 1.82) is 0 Å². The van der Waals surface area contributed by atoms with Gasteiger partial charge >= 0.3 is 0 Å². The molecule has 4 rings (SSSR count). The van der Waals surface area contributed by atoms with E-state index in [1.54, 1.807) is 11.3 Å². The maximum atomic E-state index is 4.75. The van der Waals surface area contributed by atoms with Crippen molar-refractivity contribution in [1.82, 2.24) is 14.4 Å². The topological polar surface area (TPSA) is 42.2 Å². The van der Waals surface area contributed by atoms with Gasteiger partial charge in [0.1, 0.15) is 5.65 Å². The van der Waals surface area contributed by atoms with E-state index < -0.39 is 0 Å². The molecular formula is C16H14N4S. The predicted octanol–water partition coefficient (Wildman–Crippen LogP) is 3.96. The van der Waals surface area contributed by atoms with Crippen LogP contribution in [0, 0.1) is 6.92 Å². The van der Waals surface area contributed by atoms with Crippen LogP contribution in [0.4, 0.5) is 5.13 Å². The molecule has 0 spiro atoms. The van der Waals surface area contributed by atoms with E-state index in [-0.39, 0.29) is 0 Å². The van der Waals surface area contributed by atoms with Crippen LogP contribution in [-0.2, 0) is 0 Å². The molecule has 1 N–H and O–H groups in total. The number of nitrogens with zero attached hydrogens (tertiary/aromatic N) is 3. The molecule has 5 heteroatoms. The predicted molar refractivity (Wildman–Crippen MR) is 88.1 cm³/mol. The van der Waals surface area contributed by atoms with Crippen molar-refractivity contribution < 1.29 is 0 Å². The van der Waals surface area contributed by atoms with Gasteiger partial charge < -0.3 is 9.72 Å².